The fourth-order valence-electron chi connectivity index (χ4n) is 2.60. The van der Waals surface area contributed by atoms with Gasteiger partial charge in [0.25, 0.3) is 0 Å². The number of rotatable bonds is 6. The number of para-hydroxylation sites is 1. The van der Waals surface area contributed by atoms with Gasteiger partial charge >= 0.3 is 0 Å². The first-order valence-corrected chi connectivity index (χ1v) is 9.35. The average Bonchev–Trinajstić information content (AvgIpc) is 2.58. The number of aryl methyl sites for hydroxylation is 2. The third kappa shape index (κ3) is 4.62. The molecule has 4 heteroatoms. The second-order valence-electron chi connectivity index (χ2n) is 6.20. The molecule has 24 heavy (non-hydrogen) atoms. The zero-order valence-electron chi connectivity index (χ0n) is 15.1. The second-order valence-corrected chi connectivity index (χ2v) is 7.07. The number of hydrogen-bond acceptors (Lipinski definition) is 3. The first-order valence-electron chi connectivity index (χ1n) is 8.12. The van der Waals surface area contributed by atoms with Crippen molar-refractivity contribution < 1.29 is 4.79 Å². The van der Waals surface area contributed by atoms with Gasteiger partial charge in [-0.25, -0.2) is 0 Å². The van der Waals surface area contributed by atoms with E-state index in [1.807, 2.05) is 46.0 Å². The van der Waals surface area contributed by atoms with Crippen LogP contribution in [0.3, 0.4) is 0 Å². The van der Waals surface area contributed by atoms with Crippen molar-refractivity contribution in [1.29, 1.82) is 0 Å². The molecule has 1 N–H and O–H groups in total. The molecule has 0 radical (unpaired) electrons. The van der Waals surface area contributed by atoms with Crippen LogP contribution in [0.4, 0.5) is 5.69 Å². The molecular formula is C20H26N2OS. The molecule has 0 saturated carbocycles. The van der Waals surface area contributed by atoms with Crippen LogP contribution in [-0.2, 0) is 11.3 Å². The number of hydrogen-bond donors (Lipinski definition) is 1. The van der Waals surface area contributed by atoms with Crippen LogP contribution in [0.5, 0.6) is 0 Å². The number of nitrogens with one attached hydrogen (secondary N) is 1. The Morgan fingerprint density at radius 3 is 2.25 bits per heavy atom. The molecule has 0 saturated heterocycles. The van der Waals surface area contributed by atoms with Crippen molar-refractivity contribution in [3.63, 3.8) is 0 Å². The molecule has 3 nitrogen and oxygen atoms in total. The summed E-state index contributed by atoms with van der Waals surface area (Å²) in [6, 6.07) is 14.3. The predicted octanol–water partition coefficient (Wildman–Crippen LogP) is 4.48. The van der Waals surface area contributed by atoms with Gasteiger partial charge < -0.3 is 5.32 Å². The van der Waals surface area contributed by atoms with Gasteiger partial charge in [0.05, 0.1) is 6.04 Å². The van der Waals surface area contributed by atoms with E-state index in [0.29, 0.717) is 0 Å². The standard InChI is InChI=1S/C20H26N2OS/c1-14-7-6-8-15(2)19(14)21-20(23)16(3)22(4)13-17-9-11-18(24-5)12-10-17/h6-12,16H,13H2,1-5H3,(H,21,23). The predicted molar refractivity (Wildman–Crippen MR) is 104 cm³/mol. The van der Waals surface area contributed by atoms with Crippen LogP contribution in [0.15, 0.2) is 47.4 Å². The lowest BCUT2D eigenvalue weighted by atomic mass is 10.1. The van der Waals surface area contributed by atoms with E-state index in [0.717, 1.165) is 23.4 Å². The smallest absolute Gasteiger partial charge is 0.241 e. The molecule has 1 atom stereocenters. The fraction of sp³-hybridized carbons (Fsp3) is 0.350. The summed E-state index contributed by atoms with van der Waals surface area (Å²) in [5.41, 5.74) is 4.31. The lowest BCUT2D eigenvalue weighted by Crippen LogP contribution is -2.39. The number of thioether (sulfide) groups is 1. The number of carbonyl (C=O) groups excluding carboxylic acids is 1. The molecule has 0 spiro atoms. The molecule has 128 valence electrons. The number of carbonyl (C=O) groups is 1. The highest BCUT2D eigenvalue weighted by molar-refractivity contribution is 7.98. The first-order chi connectivity index (χ1) is 11.4. The lowest BCUT2D eigenvalue weighted by molar-refractivity contribution is -0.120. The van der Waals surface area contributed by atoms with E-state index in [-0.39, 0.29) is 11.9 Å². The maximum absolute atomic E-state index is 12.6. The molecule has 2 aromatic carbocycles. The number of amides is 1. The van der Waals surface area contributed by atoms with E-state index in [1.165, 1.54) is 10.5 Å². The minimum absolute atomic E-state index is 0.0237. The van der Waals surface area contributed by atoms with Crippen LogP contribution in [0.2, 0.25) is 0 Å². The molecule has 0 aliphatic rings. The summed E-state index contributed by atoms with van der Waals surface area (Å²) >= 11 is 1.73. The van der Waals surface area contributed by atoms with Crippen LogP contribution < -0.4 is 5.32 Å². The SMILES string of the molecule is CSc1ccc(CN(C)C(C)C(=O)Nc2c(C)cccc2C)cc1. The van der Waals surface area contributed by atoms with Gasteiger partial charge in [-0.05, 0) is 62.9 Å². The highest BCUT2D eigenvalue weighted by Gasteiger charge is 2.19. The van der Waals surface area contributed by atoms with Gasteiger partial charge in [-0.2, -0.15) is 0 Å². The molecule has 0 aliphatic heterocycles. The van der Waals surface area contributed by atoms with Crippen molar-refractivity contribution in [2.45, 2.75) is 38.3 Å². The molecule has 1 amide bonds. The Morgan fingerprint density at radius 2 is 1.71 bits per heavy atom. The molecule has 0 heterocycles. The van der Waals surface area contributed by atoms with E-state index in [4.69, 9.17) is 0 Å². The Bertz CT molecular complexity index is 677. The van der Waals surface area contributed by atoms with Gasteiger partial charge in [0.1, 0.15) is 0 Å². The molecular weight excluding hydrogens is 316 g/mol. The topological polar surface area (TPSA) is 32.3 Å². The number of likely N-dealkylation sites (N-methyl/N-ethyl adjacent to an activating group) is 1. The van der Waals surface area contributed by atoms with Crippen LogP contribution >= 0.6 is 11.8 Å². The number of benzene rings is 2. The van der Waals surface area contributed by atoms with E-state index in [9.17, 15) is 4.79 Å². The Morgan fingerprint density at radius 1 is 1.12 bits per heavy atom. The summed E-state index contributed by atoms with van der Waals surface area (Å²) in [6.45, 7) is 6.73. The van der Waals surface area contributed by atoms with Gasteiger partial charge in [-0.1, -0.05) is 30.3 Å². The van der Waals surface area contributed by atoms with Crippen molar-refractivity contribution in [2.24, 2.45) is 0 Å². The summed E-state index contributed by atoms with van der Waals surface area (Å²) in [5, 5.41) is 3.08. The van der Waals surface area contributed by atoms with Crippen molar-refractivity contribution in [2.75, 3.05) is 18.6 Å². The minimum Gasteiger partial charge on any atom is -0.324 e. The fourth-order valence-corrected chi connectivity index (χ4v) is 3.00. The Kier molecular flexibility index (Phi) is 6.46. The quantitative estimate of drug-likeness (QED) is 0.785. The van der Waals surface area contributed by atoms with Crippen LogP contribution in [0.25, 0.3) is 0 Å². The molecule has 0 aromatic heterocycles. The zero-order valence-corrected chi connectivity index (χ0v) is 15.9. The third-order valence-electron chi connectivity index (χ3n) is 4.36. The van der Waals surface area contributed by atoms with Crippen molar-refractivity contribution in [3.8, 4) is 0 Å². The monoisotopic (exact) mass is 342 g/mol. The normalized spacial score (nSPS) is 12.2. The summed E-state index contributed by atoms with van der Waals surface area (Å²) < 4.78 is 0. The van der Waals surface area contributed by atoms with Gasteiger partial charge in [-0.3, -0.25) is 9.69 Å². The molecule has 2 rings (SSSR count). The van der Waals surface area contributed by atoms with E-state index in [2.05, 4.69) is 40.7 Å². The van der Waals surface area contributed by atoms with Crippen molar-refractivity contribution in [3.05, 3.63) is 59.2 Å². The Balaban J connectivity index is 2.01. The van der Waals surface area contributed by atoms with Crippen LogP contribution in [-0.4, -0.2) is 30.2 Å². The van der Waals surface area contributed by atoms with E-state index < -0.39 is 0 Å². The lowest BCUT2D eigenvalue weighted by Gasteiger charge is -2.24. The highest BCUT2D eigenvalue weighted by atomic mass is 32.2. The first kappa shape index (κ1) is 18.6. The van der Waals surface area contributed by atoms with Crippen LogP contribution in [0, 0.1) is 13.8 Å². The average molecular weight is 343 g/mol. The Hall–Kier alpha value is -1.78. The molecule has 0 aliphatic carbocycles. The summed E-state index contributed by atoms with van der Waals surface area (Å²) in [7, 11) is 1.98. The maximum atomic E-state index is 12.6. The number of nitrogens with zero attached hydrogens (tertiary/aromatic N) is 1. The molecule has 0 bridgehead atoms. The van der Waals surface area contributed by atoms with Gasteiger partial charge in [-0.15, -0.1) is 11.8 Å². The highest BCUT2D eigenvalue weighted by Crippen LogP contribution is 2.20. The largest absolute Gasteiger partial charge is 0.324 e. The summed E-state index contributed by atoms with van der Waals surface area (Å²) in [4.78, 5) is 15.9. The van der Waals surface area contributed by atoms with Crippen LogP contribution in [0.1, 0.15) is 23.6 Å². The van der Waals surface area contributed by atoms with Gasteiger partial charge in [0, 0.05) is 17.1 Å². The minimum atomic E-state index is -0.204. The maximum Gasteiger partial charge on any atom is 0.241 e. The molecule has 1 unspecified atom stereocenters. The third-order valence-corrected chi connectivity index (χ3v) is 5.10. The van der Waals surface area contributed by atoms with Gasteiger partial charge in [0.2, 0.25) is 5.91 Å². The van der Waals surface area contributed by atoms with E-state index >= 15 is 0 Å². The zero-order chi connectivity index (χ0) is 17.7. The number of anilines is 1. The van der Waals surface area contributed by atoms with E-state index in [1.54, 1.807) is 11.8 Å². The second kappa shape index (κ2) is 8.36. The Labute approximate surface area is 149 Å². The molecule has 0 fully saturated rings. The van der Waals surface area contributed by atoms with Gasteiger partial charge in [0.15, 0.2) is 0 Å². The summed E-state index contributed by atoms with van der Waals surface area (Å²) in [6.07, 6.45) is 2.07. The van der Waals surface area contributed by atoms with Crippen molar-refractivity contribution >= 4 is 23.4 Å². The summed E-state index contributed by atoms with van der Waals surface area (Å²) in [5.74, 6) is 0.0237. The molecule has 2 aromatic rings. The van der Waals surface area contributed by atoms with Crippen molar-refractivity contribution in [1.82, 2.24) is 4.90 Å².